The Hall–Kier alpha value is -4.17. The van der Waals surface area contributed by atoms with Gasteiger partial charge in [-0.1, -0.05) is 86.0 Å². The van der Waals surface area contributed by atoms with Crippen LogP contribution in [0.4, 0.5) is 0 Å². The van der Waals surface area contributed by atoms with Crippen LogP contribution in [0.25, 0.3) is 50.3 Å². The fourth-order valence-electron chi connectivity index (χ4n) is 6.06. The largest absolute Gasteiger partial charge is 0.314 e. The molecule has 0 atom stereocenters. The van der Waals surface area contributed by atoms with Crippen LogP contribution in [-0.2, 0) is 5.54 Å². The maximum absolute atomic E-state index is 5.36. The van der Waals surface area contributed by atoms with Gasteiger partial charge in [-0.2, -0.15) is 0 Å². The number of benzene rings is 3. The van der Waals surface area contributed by atoms with E-state index in [1.807, 2.05) is 12.2 Å². The Morgan fingerprint density at radius 2 is 1.69 bits per heavy atom. The van der Waals surface area contributed by atoms with Crippen molar-refractivity contribution in [3.8, 4) is 22.5 Å². The van der Waals surface area contributed by atoms with Gasteiger partial charge < -0.3 is 4.57 Å². The highest BCUT2D eigenvalue weighted by molar-refractivity contribution is 5.97. The molecule has 1 aromatic heterocycles. The average molecular weight is 511 g/mol. The second-order valence-electron chi connectivity index (χ2n) is 11.1. The molecule has 0 unspecified atom stereocenters. The molecule has 0 amide bonds. The summed E-state index contributed by atoms with van der Waals surface area (Å²) in [6, 6.07) is 19.5. The topological polar surface area (TPSA) is 17.8 Å². The van der Waals surface area contributed by atoms with Gasteiger partial charge in [0.05, 0.1) is 16.6 Å². The van der Waals surface area contributed by atoms with Crippen LogP contribution in [0.15, 0.2) is 97.6 Å². The van der Waals surface area contributed by atoms with Crippen molar-refractivity contribution in [1.82, 2.24) is 9.55 Å². The van der Waals surface area contributed by atoms with Crippen molar-refractivity contribution >= 4 is 27.8 Å². The highest BCUT2D eigenvalue weighted by Crippen LogP contribution is 2.43. The summed E-state index contributed by atoms with van der Waals surface area (Å²) >= 11 is 0. The molecule has 3 aromatic carbocycles. The lowest BCUT2D eigenvalue weighted by Gasteiger charge is -2.35. The third-order valence-corrected chi connectivity index (χ3v) is 8.57. The van der Waals surface area contributed by atoms with Crippen LogP contribution in [0.5, 0.6) is 0 Å². The average Bonchev–Trinajstić information content (AvgIpc) is 3.35. The van der Waals surface area contributed by atoms with Gasteiger partial charge >= 0.3 is 0 Å². The van der Waals surface area contributed by atoms with Crippen LogP contribution in [0.1, 0.15) is 52.7 Å². The Morgan fingerprint density at radius 3 is 2.36 bits per heavy atom. The van der Waals surface area contributed by atoms with E-state index in [9.17, 15) is 0 Å². The molecule has 5 rings (SSSR count). The Bertz CT molecular complexity index is 1840. The predicted octanol–water partition coefficient (Wildman–Crippen LogP) is 8.49. The van der Waals surface area contributed by atoms with E-state index in [-0.39, 0.29) is 5.54 Å². The first-order valence-electron chi connectivity index (χ1n) is 13.7. The number of allylic oxidation sites excluding steroid dienone is 6. The molecule has 0 aliphatic carbocycles. The normalized spacial score (nSPS) is 15.4. The molecule has 1 aliphatic rings. The molecule has 0 N–H and O–H groups in total. The van der Waals surface area contributed by atoms with Crippen LogP contribution >= 0.6 is 0 Å². The summed E-state index contributed by atoms with van der Waals surface area (Å²) in [4.78, 5) is 5.36. The van der Waals surface area contributed by atoms with Gasteiger partial charge in [-0.25, -0.2) is 4.98 Å². The summed E-state index contributed by atoms with van der Waals surface area (Å²) in [6.45, 7) is 23.8. The first-order valence-corrected chi connectivity index (χ1v) is 13.7. The Morgan fingerprint density at radius 1 is 0.974 bits per heavy atom. The number of hydrogen-bond donors (Lipinski definition) is 0. The maximum Gasteiger partial charge on any atom is 0.142 e. The van der Waals surface area contributed by atoms with Gasteiger partial charge in [0.1, 0.15) is 5.82 Å². The summed E-state index contributed by atoms with van der Waals surface area (Å²) in [6.07, 6.45) is 7.97. The smallest absolute Gasteiger partial charge is 0.142 e. The van der Waals surface area contributed by atoms with E-state index in [1.165, 1.54) is 54.9 Å². The van der Waals surface area contributed by atoms with E-state index in [4.69, 9.17) is 4.98 Å². The van der Waals surface area contributed by atoms with Crippen LogP contribution < -0.4 is 10.4 Å². The number of hydrogen-bond acceptors (Lipinski definition) is 1. The lowest BCUT2D eigenvalue weighted by Crippen LogP contribution is -2.42. The monoisotopic (exact) mass is 510 g/mol. The Labute approximate surface area is 232 Å². The van der Waals surface area contributed by atoms with E-state index >= 15 is 0 Å². The first kappa shape index (κ1) is 26.4. The van der Waals surface area contributed by atoms with Crippen molar-refractivity contribution in [2.24, 2.45) is 0 Å². The molecule has 196 valence electrons. The molecule has 0 bridgehead atoms. The molecule has 0 fully saturated rings. The standard InChI is InChI=1S/C37H38N2/c1-10-12-17-24(4)25(5)29-20-16-21-30-34(29)27(7)37(8,9)39-35-26(6)33(23(3)11-2)31(22-32(35)38-36(30)39)28-18-14-13-15-19-28/h10-22H,1,4H2,2-3,5-9H3. The van der Waals surface area contributed by atoms with Crippen molar-refractivity contribution in [1.29, 1.82) is 0 Å². The van der Waals surface area contributed by atoms with Crippen molar-refractivity contribution < 1.29 is 0 Å². The lowest BCUT2D eigenvalue weighted by atomic mass is 9.85. The summed E-state index contributed by atoms with van der Waals surface area (Å²) < 4.78 is 2.47. The van der Waals surface area contributed by atoms with Crippen molar-refractivity contribution in [3.05, 3.63) is 119 Å². The summed E-state index contributed by atoms with van der Waals surface area (Å²) in [7, 11) is 0. The van der Waals surface area contributed by atoms with Crippen molar-refractivity contribution in [2.75, 3.05) is 0 Å². The number of aryl methyl sites for hydroxylation is 1. The SMILES string of the molecule is C=CC=CC(=C)C(C)=c1cccc2c1=C(C)C(C)(C)n1c-2nc2cc(-c3ccccc3)c(C(C)=CC)c(C)c21. The van der Waals surface area contributed by atoms with E-state index in [1.54, 1.807) is 6.08 Å². The van der Waals surface area contributed by atoms with Gasteiger partial charge in [-0.05, 0) is 110 Å². The fourth-order valence-corrected chi connectivity index (χ4v) is 6.06. The summed E-state index contributed by atoms with van der Waals surface area (Å²) in [5.74, 6) is 1.02. The van der Waals surface area contributed by atoms with E-state index in [0.717, 1.165) is 22.5 Å². The van der Waals surface area contributed by atoms with E-state index in [2.05, 4.69) is 127 Å². The molecule has 2 heteroatoms. The minimum atomic E-state index is -0.272. The molecular formula is C37H38N2. The van der Waals surface area contributed by atoms with Gasteiger partial charge in [0.25, 0.3) is 0 Å². The minimum absolute atomic E-state index is 0.272. The minimum Gasteiger partial charge on any atom is -0.314 e. The van der Waals surface area contributed by atoms with Gasteiger partial charge in [0.2, 0.25) is 0 Å². The lowest BCUT2D eigenvalue weighted by molar-refractivity contribution is 0.479. The highest BCUT2D eigenvalue weighted by Gasteiger charge is 2.35. The highest BCUT2D eigenvalue weighted by atomic mass is 15.1. The molecule has 0 radical (unpaired) electrons. The maximum atomic E-state index is 5.36. The van der Waals surface area contributed by atoms with E-state index in [0.29, 0.717) is 0 Å². The number of imidazole rings is 1. The van der Waals surface area contributed by atoms with Crippen LogP contribution in [-0.4, -0.2) is 9.55 Å². The quantitative estimate of drug-likeness (QED) is 0.246. The molecule has 0 spiro atoms. The molecule has 0 saturated carbocycles. The predicted molar refractivity (Wildman–Crippen MR) is 170 cm³/mol. The summed E-state index contributed by atoms with van der Waals surface area (Å²) in [5, 5.41) is 2.48. The molecule has 2 nitrogen and oxygen atoms in total. The van der Waals surface area contributed by atoms with Gasteiger partial charge in [0.15, 0.2) is 0 Å². The zero-order valence-electron chi connectivity index (χ0n) is 24.3. The molecule has 39 heavy (non-hydrogen) atoms. The number of nitrogens with zero attached hydrogens (tertiary/aromatic N) is 2. The van der Waals surface area contributed by atoms with Crippen LogP contribution in [0, 0.1) is 6.92 Å². The van der Waals surface area contributed by atoms with Crippen LogP contribution in [0.3, 0.4) is 0 Å². The van der Waals surface area contributed by atoms with E-state index < -0.39 is 0 Å². The fraction of sp³-hybridized carbons (Fsp3) is 0.216. The number of fused-ring (bicyclic) bond motifs is 5. The van der Waals surface area contributed by atoms with Crippen molar-refractivity contribution in [2.45, 2.75) is 54.0 Å². The molecule has 0 saturated heterocycles. The Balaban J connectivity index is 1.92. The molecule has 1 aliphatic heterocycles. The Kier molecular flexibility index (Phi) is 6.68. The zero-order valence-corrected chi connectivity index (χ0v) is 24.3. The molecule has 2 heterocycles. The van der Waals surface area contributed by atoms with Gasteiger partial charge in [-0.3, -0.25) is 0 Å². The number of aromatic nitrogens is 2. The van der Waals surface area contributed by atoms with Gasteiger partial charge in [-0.15, -0.1) is 0 Å². The second kappa shape index (κ2) is 9.85. The first-order chi connectivity index (χ1) is 18.6. The van der Waals surface area contributed by atoms with Crippen molar-refractivity contribution in [3.63, 3.8) is 0 Å². The summed E-state index contributed by atoms with van der Waals surface area (Å²) in [5.41, 5.74) is 12.9. The second-order valence-corrected chi connectivity index (χ2v) is 11.1. The van der Waals surface area contributed by atoms with Crippen LogP contribution in [0.2, 0.25) is 0 Å². The molecule has 4 aromatic rings. The molecular weight excluding hydrogens is 472 g/mol. The van der Waals surface area contributed by atoms with Gasteiger partial charge in [0, 0.05) is 5.56 Å². The zero-order chi connectivity index (χ0) is 28.1. The third kappa shape index (κ3) is 4.06. The third-order valence-electron chi connectivity index (χ3n) is 8.57. The number of rotatable bonds is 5.